The van der Waals surface area contributed by atoms with Gasteiger partial charge in [0.1, 0.15) is 0 Å². The number of benzene rings is 1. The second-order valence-corrected chi connectivity index (χ2v) is 4.31. The fourth-order valence-corrected chi connectivity index (χ4v) is 2.06. The van der Waals surface area contributed by atoms with Crippen molar-refractivity contribution in [2.75, 3.05) is 6.61 Å². The highest BCUT2D eigenvalue weighted by atomic mass is 16.5. The van der Waals surface area contributed by atoms with Crippen molar-refractivity contribution < 1.29 is 9.53 Å². The van der Waals surface area contributed by atoms with Gasteiger partial charge in [0.25, 0.3) is 0 Å². The molecule has 1 saturated carbocycles. The summed E-state index contributed by atoms with van der Waals surface area (Å²) in [5, 5.41) is 0. The summed E-state index contributed by atoms with van der Waals surface area (Å²) in [5.41, 5.74) is 0.963. The number of carbonyl (C=O) groups is 1. The first-order valence-electron chi connectivity index (χ1n) is 5.40. The molecule has 0 bridgehead atoms. The van der Waals surface area contributed by atoms with E-state index in [1.54, 1.807) is 0 Å². The molecular weight excluding hydrogens is 188 g/mol. The van der Waals surface area contributed by atoms with Crippen molar-refractivity contribution in [3.8, 4) is 0 Å². The van der Waals surface area contributed by atoms with Gasteiger partial charge in [-0.25, -0.2) is 0 Å². The lowest BCUT2D eigenvalue weighted by atomic mass is 10.0. The van der Waals surface area contributed by atoms with Crippen LogP contribution in [0.4, 0.5) is 0 Å². The van der Waals surface area contributed by atoms with Crippen LogP contribution in [-0.4, -0.2) is 12.6 Å². The van der Waals surface area contributed by atoms with Crippen molar-refractivity contribution in [1.29, 1.82) is 0 Å². The molecule has 1 aromatic rings. The van der Waals surface area contributed by atoms with Crippen molar-refractivity contribution in [2.24, 2.45) is 5.41 Å². The van der Waals surface area contributed by atoms with Gasteiger partial charge in [0.05, 0.1) is 12.0 Å². The Kier molecular flexibility index (Phi) is 2.51. The van der Waals surface area contributed by atoms with E-state index in [4.69, 9.17) is 4.74 Å². The van der Waals surface area contributed by atoms with Crippen molar-refractivity contribution in [1.82, 2.24) is 0 Å². The van der Waals surface area contributed by atoms with Crippen LogP contribution in [0.2, 0.25) is 0 Å². The number of ether oxygens (including phenoxy) is 1. The summed E-state index contributed by atoms with van der Waals surface area (Å²) in [4.78, 5) is 11.7. The van der Waals surface area contributed by atoms with Crippen LogP contribution in [0.3, 0.4) is 0 Å². The van der Waals surface area contributed by atoms with Gasteiger partial charge in [-0.3, -0.25) is 4.79 Å². The third-order valence-electron chi connectivity index (χ3n) is 3.18. The van der Waals surface area contributed by atoms with Gasteiger partial charge in [-0.05, 0) is 25.8 Å². The van der Waals surface area contributed by atoms with Gasteiger partial charge < -0.3 is 4.74 Å². The molecule has 1 fully saturated rings. The van der Waals surface area contributed by atoms with E-state index in [1.165, 1.54) is 5.56 Å². The van der Waals surface area contributed by atoms with Gasteiger partial charge in [-0.1, -0.05) is 30.3 Å². The maximum absolute atomic E-state index is 11.7. The third kappa shape index (κ3) is 1.76. The minimum Gasteiger partial charge on any atom is -0.466 e. The SMILES string of the molecule is CCOC(=O)[C@@]1(C)C[C@@H]1c1ccccc1. The Bertz CT molecular complexity index is 358. The van der Waals surface area contributed by atoms with E-state index in [9.17, 15) is 4.79 Å². The standard InChI is InChI=1S/C13H16O2/c1-3-15-12(14)13(2)9-11(13)10-7-5-4-6-8-10/h4-8,11H,3,9H2,1-2H3/t11-,13+/m1/s1. The molecule has 0 amide bonds. The number of hydrogen-bond acceptors (Lipinski definition) is 2. The largest absolute Gasteiger partial charge is 0.466 e. The molecule has 2 rings (SSSR count). The maximum Gasteiger partial charge on any atom is 0.312 e. The summed E-state index contributed by atoms with van der Waals surface area (Å²) in [5.74, 6) is 0.289. The highest BCUT2D eigenvalue weighted by Crippen LogP contribution is 2.59. The first-order chi connectivity index (χ1) is 7.18. The molecule has 0 heterocycles. The zero-order valence-electron chi connectivity index (χ0n) is 9.19. The normalized spacial score (nSPS) is 28.5. The molecule has 0 N–H and O–H groups in total. The first-order valence-corrected chi connectivity index (χ1v) is 5.40. The Balaban J connectivity index is 2.09. The number of esters is 1. The second-order valence-electron chi connectivity index (χ2n) is 4.31. The van der Waals surface area contributed by atoms with E-state index in [2.05, 4.69) is 12.1 Å². The predicted molar refractivity (Wildman–Crippen MR) is 58.5 cm³/mol. The highest BCUT2D eigenvalue weighted by Gasteiger charge is 2.57. The van der Waals surface area contributed by atoms with Gasteiger partial charge >= 0.3 is 5.97 Å². The number of hydrogen-bond donors (Lipinski definition) is 0. The molecule has 0 radical (unpaired) electrons. The monoisotopic (exact) mass is 204 g/mol. The molecule has 2 atom stereocenters. The molecule has 2 nitrogen and oxygen atoms in total. The quantitative estimate of drug-likeness (QED) is 0.708. The average molecular weight is 204 g/mol. The summed E-state index contributed by atoms with van der Waals surface area (Å²) in [6, 6.07) is 10.2. The first kappa shape index (κ1) is 10.2. The summed E-state index contributed by atoms with van der Waals surface area (Å²) in [6.45, 7) is 4.31. The van der Waals surface area contributed by atoms with Crippen molar-refractivity contribution in [3.05, 3.63) is 35.9 Å². The Morgan fingerprint density at radius 1 is 1.47 bits per heavy atom. The van der Waals surface area contributed by atoms with Crippen LogP contribution in [0.1, 0.15) is 31.7 Å². The molecule has 0 spiro atoms. The Labute approximate surface area is 90.3 Å². The van der Waals surface area contributed by atoms with E-state index in [1.807, 2.05) is 32.0 Å². The predicted octanol–water partition coefficient (Wildman–Crippen LogP) is 2.74. The number of carbonyl (C=O) groups excluding carboxylic acids is 1. The minimum atomic E-state index is -0.280. The molecular formula is C13H16O2. The third-order valence-corrected chi connectivity index (χ3v) is 3.18. The van der Waals surface area contributed by atoms with E-state index >= 15 is 0 Å². The van der Waals surface area contributed by atoms with Crippen LogP contribution in [0.25, 0.3) is 0 Å². The Hall–Kier alpha value is -1.31. The minimum absolute atomic E-state index is 0.0566. The molecule has 1 aliphatic rings. The molecule has 0 saturated heterocycles. The van der Waals surface area contributed by atoms with Crippen LogP contribution in [0.5, 0.6) is 0 Å². The topological polar surface area (TPSA) is 26.3 Å². The van der Waals surface area contributed by atoms with Gasteiger partial charge in [0, 0.05) is 5.92 Å². The molecule has 1 aromatic carbocycles. The molecule has 1 aliphatic carbocycles. The van der Waals surface area contributed by atoms with Gasteiger partial charge in [-0.2, -0.15) is 0 Å². The zero-order chi connectivity index (χ0) is 10.9. The molecule has 15 heavy (non-hydrogen) atoms. The van der Waals surface area contributed by atoms with E-state index in [0.717, 1.165) is 6.42 Å². The molecule has 0 aliphatic heterocycles. The molecule has 2 heteroatoms. The summed E-state index contributed by atoms with van der Waals surface area (Å²) >= 11 is 0. The van der Waals surface area contributed by atoms with Crippen molar-refractivity contribution in [3.63, 3.8) is 0 Å². The summed E-state index contributed by atoms with van der Waals surface area (Å²) in [7, 11) is 0. The highest BCUT2D eigenvalue weighted by molar-refractivity contribution is 5.81. The maximum atomic E-state index is 11.7. The van der Waals surface area contributed by atoms with Crippen LogP contribution in [0.15, 0.2) is 30.3 Å². The molecule has 0 unspecified atom stereocenters. The average Bonchev–Trinajstić information content (AvgIpc) is 2.94. The Morgan fingerprint density at radius 2 is 2.13 bits per heavy atom. The lowest BCUT2D eigenvalue weighted by Gasteiger charge is -2.09. The summed E-state index contributed by atoms with van der Waals surface area (Å²) < 4.78 is 5.08. The van der Waals surface area contributed by atoms with Crippen molar-refractivity contribution >= 4 is 5.97 Å². The van der Waals surface area contributed by atoms with E-state index in [-0.39, 0.29) is 11.4 Å². The molecule has 80 valence electrons. The lowest BCUT2D eigenvalue weighted by molar-refractivity contribution is -0.149. The van der Waals surface area contributed by atoms with Gasteiger partial charge in [0.2, 0.25) is 0 Å². The molecule has 0 aromatic heterocycles. The van der Waals surface area contributed by atoms with E-state index in [0.29, 0.717) is 12.5 Å². The lowest BCUT2D eigenvalue weighted by Crippen LogP contribution is -2.17. The fraction of sp³-hybridized carbons (Fsp3) is 0.462. The zero-order valence-corrected chi connectivity index (χ0v) is 9.19. The van der Waals surface area contributed by atoms with Gasteiger partial charge in [-0.15, -0.1) is 0 Å². The second kappa shape index (κ2) is 3.69. The summed E-state index contributed by atoms with van der Waals surface area (Å²) in [6.07, 6.45) is 0.913. The van der Waals surface area contributed by atoms with Crippen LogP contribution >= 0.6 is 0 Å². The number of rotatable bonds is 3. The fourth-order valence-electron chi connectivity index (χ4n) is 2.06. The van der Waals surface area contributed by atoms with Crippen molar-refractivity contribution in [2.45, 2.75) is 26.2 Å². The Morgan fingerprint density at radius 3 is 2.73 bits per heavy atom. The van der Waals surface area contributed by atoms with Crippen LogP contribution < -0.4 is 0 Å². The van der Waals surface area contributed by atoms with Crippen LogP contribution in [0, 0.1) is 5.41 Å². The van der Waals surface area contributed by atoms with Crippen LogP contribution in [-0.2, 0) is 9.53 Å². The van der Waals surface area contributed by atoms with E-state index < -0.39 is 0 Å². The smallest absolute Gasteiger partial charge is 0.312 e. The van der Waals surface area contributed by atoms with Gasteiger partial charge in [0.15, 0.2) is 0 Å².